The molecular formula is C26H36INS. The number of thiol groups is 1. The van der Waals surface area contributed by atoms with Crippen molar-refractivity contribution >= 4 is 57.3 Å². The quantitative estimate of drug-likeness (QED) is 0.236. The molecule has 0 spiro atoms. The van der Waals surface area contributed by atoms with Crippen molar-refractivity contribution in [3.8, 4) is 0 Å². The topological polar surface area (TPSA) is 4.93 Å². The number of fused-ring (bicyclic) bond motifs is 3. The summed E-state index contributed by atoms with van der Waals surface area (Å²) < 4.78 is 2.50. The molecule has 0 radical (unpaired) electrons. The molecule has 0 fully saturated rings. The van der Waals surface area contributed by atoms with E-state index in [1.54, 1.807) is 22.3 Å². The minimum Gasteiger partial charge on any atom is -0.281 e. The molecule has 1 heterocycles. The number of aromatic nitrogens is 1. The van der Waals surface area contributed by atoms with Crippen LogP contribution in [0.4, 0.5) is 0 Å². The molecule has 2 aromatic carbocycles. The van der Waals surface area contributed by atoms with Crippen LogP contribution in [0.5, 0.6) is 0 Å². The monoisotopic (exact) mass is 521 g/mol. The number of halogens is 1. The van der Waals surface area contributed by atoms with Gasteiger partial charge in [-0.3, -0.25) is 2.78 Å². The van der Waals surface area contributed by atoms with Gasteiger partial charge in [0.25, 0.3) is 0 Å². The Balaban J connectivity index is 2.81. The van der Waals surface area contributed by atoms with Gasteiger partial charge in [-0.15, -0.1) is 12.6 Å². The molecule has 1 nitrogen and oxygen atoms in total. The van der Waals surface area contributed by atoms with Gasteiger partial charge in [0, 0.05) is 15.7 Å². The molecule has 0 bridgehead atoms. The van der Waals surface area contributed by atoms with E-state index >= 15 is 0 Å². The van der Waals surface area contributed by atoms with Crippen LogP contribution in [0.3, 0.4) is 0 Å². The summed E-state index contributed by atoms with van der Waals surface area (Å²) in [6, 6.07) is 0. The zero-order valence-electron chi connectivity index (χ0n) is 19.2. The summed E-state index contributed by atoms with van der Waals surface area (Å²) in [5, 5.41) is 3.06. The number of benzene rings is 2. The Kier molecular flexibility index (Phi) is 7.31. The van der Waals surface area contributed by atoms with Crippen molar-refractivity contribution in [2.75, 3.05) is 0 Å². The first-order chi connectivity index (χ1) is 14.0. The third kappa shape index (κ3) is 3.26. The molecule has 0 aliphatic rings. The van der Waals surface area contributed by atoms with Crippen molar-refractivity contribution in [2.45, 2.75) is 98.3 Å². The first-order valence-electron chi connectivity index (χ1n) is 11.5. The summed E-state index contributed by atoms with van der Waals surface area (Å²) in [5.74, 6) is 0. The highest BCUT2D eigenvalue weighted by molar-refractivity contribution is 14.1. The van der Waals surface area contributed by atoms with E-state index in [0.717, 1.165) is 44.9 Å². The van der Waals surface area contributed by atoms with E-state index in [2.05, 4.69) is 74.1 Å². The predicted octanol–water partition coefficient (Wildman–Crippen LogP) is 8.22. The minimum absolute atomic E-state index is 1.02. The molecule has 0 saturated carbocycles. The fourth-order valence-electron chi connectivity index (χ4n) is 5.65. The highest BCUT2D eigenvalue weighted by atomic mass is 127. The van der Waals surface area contributed by atoms with Crippen LogP contribution in [0.2, 0.25) is 0 Å². The fourth-order valence-corrected chi connectivity index (χ4v) is 7.27. The number of hydrogen-bond donors (Lipinski definition) is 1. The molecule has 3 heteroatoms. The minimum atomic E-state index is 1.02. The maximum atomic E-state index is 5.06. The predicted molar refractivity (Wildman–Crippen MR) is 142 cm³/mol. The molecule has 29 heavy (non-hydrogen) atoms. The van der Waals surface area contributed by atoms with Crippen LogP contribution in [-0.4, -0.2) is 2.78 Å². The van der Waals surface area contributed by atoms with Gasteiger partial charge in [-0.05, 0) is 83.9 Å². The van der Waals surface area contributed by atoms with Gasteiger partial charge in [-0.2, -0.15) is 0 Å². The molecule has 0 saturated heterocycles. The van der Waals surface area contributed by atoms with Gasteiger partial charge < -0.3 is 0 Å². The van der Waals surface area contributed by atoms with Crippen LogP contribution in [0.15, 0.2) is 4.90 Å². The summed E-state index contributed by atoms with van der Waals surface area (Å²) in [4.78, 5) is 1.22. The lowest BCUT2D eigenvalue weighted by Crippen LogP contribution is -2.05. The molecule has 0 aliphatic heterocycles. The van der Waals surface area contributed by atoms with Gasteiger partial charge in [0.1, 0.15) is 0 Å². The third-order valence-corrected chi connectivity index (χ3v) is 8.30. The van der Waals surface area contributed by atoms with Crippen molar-refractivity contribution in [3.05, 3.63) is 38.9 Å². The molecule has 0 amide bonds. The largest absolute Gasteiger partial charge is 0.281 e. The molecule has 3 aromatic rings. The summed E-state index contributed by atoms with van der Waals surface area (Å²) in [6.07, 6.45) is 7.57. The highest BCUT2D eigenvalue weighted by Crippen LogP contribution is 2.45. The summed E-state index contributed by atoms with van der Waals surface area (Å²) >= 11 is 7.63. The Morgan fingerprint density at radius 1 is 0.517 bits per heavy atom. The molecule has 3 rings (SSSR count). The summed E-state index contributed by atoms with van der Waals surface area (Å²) in [6.45, 7) is 16.2. The van der Waals surface area contributed by atoms with Crippen LogP contribution in [0.1, 0.15) is 87.4 Å². The second-order valence-corrected chi connectivity index (χ2v) is 9.31. The Bertz CT molecular complexity index is 1070. The Hall–Kier alpha value is -0.680. The van der Waals surface area contributed by atoms with E-state index in [0.29, 0.717) is 0 Å². The van der Waals surface area contributed by atoms with Crippen molar-refractivity contribution in [1.82, 2.24) is 2.78 Å². The van der Waals surface area contributed by atoms with E-state index in [9.17, 15) is 0 Å². The number of rotatable bonds is 7. The Morgan fingerprint density at radius 2 is 0.862 bits per heavy atom. The van der Waals surface area contributed by atoms with Crippen molar-refractivity contribution in [1.29, 1.82) is 0 Å². The van der Waals surface area contributed by atoms with E-state index in [-0.39, 0.29) is 0 Å². The highest BCUT2D eigenvalue weighted by Gasteiger charge is 2.26. The van der Waals surface area contributed by atoms with Crippen molar-refractivity contribution < 1.29 is 0 Å². The van der Waals surface area contributed by atoms with Crippen LogP contribution in [0.25, 0.3) is 21.8 Å². The number of aryl methyl sites for hydroxylation is 4. The van der Waals surface area contributed by atoms with Crippen LogP contribution in [-0.2, 0) is 44.9 Å². The maximum Gasteiger partial charge on any atom is 0.0646 e. The van der Waals surface area contributed by atoms with Gasteiger partial charge >= 0.3 is 0 Å². The van der Waals surface area contributed by atoms with E-state index in [1.165, 1.54) is 43.4 Å². The summed E-state index contributed by atoms with van der Waals surface area (Å²) in [7, 11) is 0. The fraction of sp³-hybridized carbons (Fsp3) is 0.538. The molecule has 0 atom stereocenters. The number of nitrogens with zero attached hydrogens (tertiary/aromatic N) is 1. The zero-order chi connectivity index (χ0) is 21.5. The Labute approximate surface area is 196 Å². The average Bonchev–Trinajstić information content (AvgIpc) is 3.03. The number of hydrogen-bond acceptors (Lipinski definition) is 1. The van der Waals surface area contributed by atoms with E-state index < -0.39 is 0 Å². The third-order valence-electron chi connectivity index (χ3n) is 6.80. The smallest absolute Gasteiger partial charge is 0.0646 e. The van der Waals surface area contributed by atoms with Crippen LogP contribution >= 0.6 is 35.5 Å². The Morgan fingerprint density at radius 3 is 1.28 bits per heavy atom. The molecular weight excluding hydrogens is 485 g/mol. The standard InChI is InChI=1S/C26H36INS/c1-8-15-16(9-2)19(12-5)24-22(17(15)10-3)23-18(11-4)20(13-6)26(29)21(14-7)25(23)28(24)27/h29H,8-14H2,1-7H3. The lowest BCUT2D eigenvalue weighted by atomic mass is 9.85. The molecule has 0 unspecified atom stereocenters. The van der Waals surface area contributed by atoms with Crippen molar-refractivity contribution in [2.24, 2.45) is 0 Å². The van der Waals surface area contributed by atoms with E-state index in [1.807, 2.05) is 0 Å². The first-order valence-corrected chi connectivity index (χ1v) is 12.9. The van der Waals surface area contributed by atoms with Crippen LogP contribution < -0.4 is 0 Å². The van der Waals surface area contributed by atoms with Gasteiger partial charge in [0.2, 0.25) is 0 Å². The SMILES string of the molecule is CCc1c(S)c(CC)c2c(c1CC)c1c(CC)c(CC)c(CC)c(CC)c1n2I. The molecule has 0 aliphatic carbocycles. The summed E-state index contributed by atoms with van der Waals surface area (Å²) in [5.41, 5.74) is 13.6. The zero-order valence-corrected chi connectivity index (χ0v) is 22.3. The molecule has 1 aromatic heterocycles. The normalized spacial score (nSPS) is 11.9. The lowest BCUT2D eigenvalue weighted by molar-refractivity contribution is 0.959. The van der Waals surface area contributed by atoms with Gasteiger partial charge in [-0.25, -0.2) is 0 Å². The van der Waals surface area contributed by atoms with Gasteiger partial charge in [0.15, 0.2) is 0 Å². The van der Waals surface area contributed by atoms with Crippen molar-refractivity contribution in [3.63, 3.8) is 0 Å². The van der Waals surface area contributed by atoms with Crippen LogP contribution in [0, 0.1) is 0 Å². The average molecular weight is 522 g/mol. The molecule has 158 valence electrons. The second-order valence-electron chi connectivity index (χ2n) is 7.90. The second kappa shape index (κ2) is 9.21. The molecule has 0 N–H and O–H groups in total. The van der Waals surface area contributed by atoms with Gasteiger partial charge in [-0.1, -0.05) is 48.5 Å². The first kappa shape index (κ1) is 23.0. The maximum absolute atomic E-state index is 5.06. The lowest BCUT2D eigenvalue weighted by Gasteiger charge is -2.20. The van der Waals surface area contributed by atoms with Gasteiger partial charge in [0.05, 0.1) is 33.9 Å². The van der Waals surface area contributed by atoms with E-state index in [4.69, 9.17) is 12.6 Å².